The molecule has 0 saturated heterocycles. The highest BCUT2D eigenvalue weighted by molar-refractivity contribution is 7.92. The van der Waals surface area contributed by atoms with E-state index in [0.717, 1.165) is 11.0 Å². The van der Waals surface area contributed by atoms with Crippen LogP contribution in [0.25, 0.3) is 6.08 Å². The summed E-state index contributed by atoms with van der Waals surface area (Å²) < 4.78 is 34.7. The molecule has 0 heterocycles. The molecule has 0 aromatic heterocycles. The first-order chi connectivity index (χ1) is 12.9. The summed E-state index contributed by atoms with van der Waals surface area (Å²) in [6, 6.07) is 15.7. The van der Waals surface area contributed by atoms with Crippen molar-refractivity contribution in [3.63, 3.8) is 0 Å². The maximum absolute atomic E-state index is 12.0. The van der Waals surface area contributed by atoms with Gasteiger partial charge >= 0.3 is 0 Å². The van der Waals surface area contributed by atoms with Crippen LogP contribution in [0.1, 0.15) is 19.4 Å². The van der Waals surface area contributed by atoms with Gasteiger partial charge in [0.05, 0.1) is 6.61 Å². The Bertz CT molecular complexity index is 865. The smallest absolute Gasteiger partial charge is 0.275 e. The van der Waals surface area contributed by atoms with Crippen LogP contribution in [0.5, 0.6) is 11.5 Å². The Kier molecular flexibility index (Phi) is 7.39. The summed E-state index contributed by atoms with van der Waals surface area (Å²) in [5, 5.41) is 0.973. The summed E-state index contributed by atoms with van der Waals surface area (Å²) in [4.78, 5) is 14.0. The van der Waals surface area contributed by atoms with Crippen LogP contribution < -0.4 is 19.7 Å². The lowest BCUT2D eigenvalue weighted by atomic mass is 10.2. The van der Waals surface area contributed by atoms with Gasteiger partial charge in [-0.3, -0.25) is 10.2 Å². The summed E-state index contributed by atoms with van der Waals surface area (Å²) in [5.74, 6) is 0.536. The average molecular weight is 390 g/mol. The van der Waals surface area contributed by atoms with E-state index in [-0.39, 0.29) is 0 Å². The number of rotatable bonds is 9. The van der Waals surface area contributed by atoms with Crippen molar-refractivity contribution in [1.29, 1.82) is 0 Å². The number of benzene rings is 2. The Hall–Kier alpha value is -2.84. The van der Waals surface area contributed by atoms with Crippen LogP contribution in [0, 0.1) is 0 Å². The second-order valence-electron chi connectivity index (χ2n) is 5.51. The number of nitrogens with one attached hydrogen (secondary N) is 2. The molecule has 0 saturated carbocycles. The Labute approximate surface area is 159 Å². The predicted octanol–water partition coefficient (Wildman–Crippen LogP) is 2.47. The molecule has 8 heteroatoms. The van der Waals surface area contributed by atoms with Crippen LogP contribution in [0.3, 0.4) is 0 Å². The van der Waals surface area contributed by atoms with Crippen molar-refractivity contribution in [2.24, 2.45) is 0 Å². The molecule has 27 heavy (non-hydrogen) atoms. The van der Waals surface area contributed by atoms with E-state index < -0.39 is 22.0 Å². The first-order valence-electron chi connectivity index (χ1n) is 8.34. The molecule has 2 aromatic carbocycles. The van der Waals surface area contributed by atoms with E-state index in [4.69, 9.17) is 9.47 Å². The van der Waals surface area contributed by atoms with E-state index in [1.54, 1.807) is 48.5 Å². The van der Waals surface area contributed by atoms with Gasteiger partial charge in [-0.05, 0) is 49.8 Å². The number of carbonyl (C=O) groups excluding carboxylic acids is 1. The van der Waals surface area contributed by atoms with Gasteiger partial charge in [0, 0.05) is 5.41 Å². The molecule has 0 spiro atoms. The standard InChI is InChI=1S/C19H22N2O5S/c1-3-25-17-9-11-18(12-10-17)26-15(2)19(22)20-21-27(23,24)14-13-16-7-5-4-6-8-16/h4-15,21H,3H2,1-2H3,(H,20,22)/b14-13+/t15-/m1/s1. The van der Waals surface area contributed by atoms with Gasteiger partial charge in [0.15, 0.2) is 6.10 Å². The van der Waals surface area contributed by atoms with Crippen molar-refractivity contribution in [3.8, 4) is 11.5 Å². The van der Waals surface area contributed by atoms with Crippen molar-refractivity contribution in [2.45, 2.75) is 20.0 Å². The van der Waals surface area contributed by atoms with Gasteiger partial charge in [0.25, 0.3) is 15.9 Å². The molecular formula is C19H22N2O5S. The molecule has 2 aromatic rings. The van der Waals surface area contributed by atoms with E-state index >= 15 is 0 Å². The zero-order valence-electron chi connectivity index (χ0n) is 15.1. The van der Waals surface area contributed by atoms with Crippen LogP contribution >= 0.6 is 0 Å². The Morgan fingerprint density at radius 3 is 2.33 bits per heavy atom. The average Bonchev–Trinajstić information content (AvgIpc) is 2.67. The quantitative estimate of drug-likeness (QED) is 0.642. The van der Waals surface area contributed by atoms with Gasteiger partial charge in [-0.2, -0.15) is 0 Å². The molecule has 0 aliphatic carbocycles. The first-order valence-corrected chi connectivity index (χ1v) is 9.88. The number of sulfonamides is 1. The Morgan fingerprint density at radius 2 is 1.70 bits per heavy atom. The van der Waals surface area contributed by atoms with Gasteiger partial charge in [-0.25, -0.2) is 8.42 Å². The topological polar surface area (TPSA) is 93.7 Å². The molecule has 0 bridgehead atoms. The first kappa shape index (κ1) is 20.5. The molecule has 2 rings (SSSR count). The van der Waals surface area contributed by atoms with E-state index in [0.29, 0.717) is 18.1 Å². The number of carbonyl (C=O) groups is 1. The van der Waals surface area contributed by atoms with E-state index in [9.17, 15) is 13.2 Å². The molecule has 1 amide bonds. The second-order valence-corrected chi connectivity index (χ2v) is 7.08. The molecule has 144 valence electrons. The van der Waals surface area contributed by atoms with E-state index in [1.165, 1.54) is 13.0 Å². The van der Waals surface area contributed by atoms with Crippen molar-refractivity contribution >= 4 is 22.0 Å². The van der Waals surface area contributed by atoms with Crippen LogP contribution in [0.15, 0.2) is 60.0 Å². The SMILES string of the molecule is CCOc1ccc(O[C@H](C)C(=O)NNS(=O)(=O)/C=C/c2ccccc2)cc1. The van der Waals surface area contributed by atoms with Gasteiger partial charge < -0.3 is 9.47 Å². The fourth-order valence-electron chi connectivity index (χ4n) is 2.03. The van der Waals surface area contributed by atoms with E-state index in [1.807, 2.05) is 17.8 Å². The number of ether oxygens (including phenoxy) is 2. The zero-order chi connectivity index (χ0) is 19.7. The normalized spacial score (nSPS) is 12.5. The Balaban J connectivity index is 1.85. The van der Waals surface area contributed by atoms with Gasteiger partial charge in [0.2, 0.25) is 0 Å². The van der Waals surface area contributed by atoms with Gasteiger partial charge in [-0.1, -0.05) is 30.3 Å². The summed E-state index contributed by atoms with van der Waals surface area (Å²) in [7, 11) is -3.83. The van der Waals surface area contributed by atoms with Crippen LogP contribution in [-0.2, 0) is 14.8 Å². The number of hydrogen-bond acceptors (Lipinski definition) is 5. The number of hydrazine groups is 1. The monoisotopic (exact) mass is 390 g/mol. The summed E-state index contributed by atoms with van der Waals surface area (Å²) in [6.07, 6.45) is 0.526. The van der Waals surface area contributed by atoms with Crippen LogP contribution in [0.4, 0.5) is 0 Å². The highest BCUT2D eigenvalue weighted by Crippen LogP contribution is 2.18. The number of amides is 1. The summed E-state index contributed by atoms with van der Waals surface area (Å²) in [5.41, 5.74) is 2.86. The Morgan fingerprint density at radius 1 is 1.07 bits per heavy atom. The molecular weight excluding hydrogens is 368 g/mol. The maximum Gasteiger partial charge on any atom is 0.275 e. The van der Waals surface area contributed by atoms with Gasteiger partial charge in [-0.15, -0.1) is 4.83 Å². The lowest BCUT2D eigenvalue weighted by Gasteiger charge is -2.15. The van der Waals surface area contributed by atoms with Crippen molar-refractivity contribution < 1.29 is 22.7 Å². The van der Waals surface area contributed by atoms with Crippen molar-refractivity contribution in [2.75, 3.05) is 6.61 Å². The summed E-state index contributed by atoms with van der Waals surface area (Å²) in [6.45, 7) is 3.95. The molecule has 2 N–H and O–H groups in total. The third kappa shape index (κ3) is 7.12. The van der Waals surface area contributed by atoms with Crippen LogP contribution in [-0.4, -0.2) is 27.0 Å². The van der Waals surface area contributed by atoms with Crippen molar-refractivity contribution in [3.05, 3.63) is 65.6 Å². The predicted molar refractivity (Wildman–Crippen MR) is 103 cm³/mol. The fraction of sp³-hybridized carbons (Fsp3) is 0.211. The third-order valence-corrected chi connectivity index (χ3v) is 4.25. The minimum absolute atomic E-state index is 0.466. The lowest BCUT2D eigenvalue weighted by Crippen LogP contribution is -2.46. The second kappa shape index (κ2) is 9.75. The van der Waals surface area contributed by atoms with E-state index in [2.05, 4.69) is 5.43 Å². The fourth-order valence-corrected chi connectivity index (χ4v) is 2.68. The van der Waals surface area contributed by atoms with Gasteiger partial charge in [0.1, 0.15) is 11.5 Å². The highest BCUT2D eigenvalue weighted by Gasteiger charge is 2.16. The molecule has 7 nitrogen and oxygen atoms in total. The third-order valence-electron chi connectivity index (χ3n) is 3.37. The highest BCUT2D eigenvalue weighted by atomic mass is 32.2. The molecule has 0 aliphatic heterocycles. The lowest BCUT2D eigenvalue weighted by molar-refractivity contribution is -0.127. The minimum Gasteiger partial charge on any atom is -0.494 e. The van der Waals surface area contributed by atoms with Crippen LogP contribution in [0.2, 0.25) is 0 Å². The molecule has 1 atom stereocenters. The summed E-state index contributed by atoms with van der Waals surface area (Å²) >= 11 is 0. The number of hydrogen-bond donors (Lipinski definition) is 2. The molecule has 0 radical (unpaired) electrons. The maximum atomic E-state index is 12.0. The molecule has 0 unspecified atom stereocenters. The minimum atomic E-state index is -3.83. The van der Waals surface area contributed by atoms with Crippen molar-refractivity contribution in [1.82, 2.24) is 10.3 Å². The zero-order valence-corrected chi connectivity index (χ0v) is 15.9. The largest absolute Gasteiger partial charge is 0.494 e. The molecule has 0 aliphatic rings. The molecule has 0 fully saturated rings.